The molecule has 25 heavy (non-hydrogen) atoms. The van der Waals surface area contributed by atoms with Gasteiger partial charge in [0, 0.05) is 18.1 Å². The van der Waals surface area contributed by atoms with Crippen LogP contribution in [0.2, 0.25) is 0 Å². The maximum absolute atomic E-state index is 10.7. The molecule has 0 aliphatic rings. The molecular weight excluding hydrogens is 314 g/mol. The molecule has 1 aromatic heterocycles. The second-order valence-corrected chi connectivity index (χ2v) is 6.64. The Kier molecular flexibility index (Phi) is 5.08. The topological polar surface area (TPSA) is 62.3 Å². The van der Waals surface area contributed by atoms with Crippen LogP contribution in [0.15, 0.2) is 54.7 Å². The minimum Gasteiger partial charge on any atom is -0.485 e. The number of aromatic nitrogens is 1. The van der Waals surface area contributed by atoms with E-state index in [1.807, 2.05) is 30.5 Å². The van der Waals surface area contributed by atoms with Crippen LogP contribution in [-0.2, 0) is 11.2 Å². The molecule has 0 amide bonds. The van der Waals surface area contributed by atoms with Crippen LogP contribution in [0.25, 0.3) is 10.9 Å². The van der Waals surface area contributed by atoms with Gasteiger partial charge in [0.25, 0.3) is 0 Å². The highest BCUT2D eigenvalue weighted by atomic mass is 16.5. The molecule has 0 saturated carbocycles. The first-order valence-corrected chi connectivity index (χ1v) is 8.57. The summed E-state index contributed by atoms with van der Waals surface area (Å²) in [5, 5.41) is 9.94. The first-order valence-electron chi connectivity index (χ1n) is 8.57. The number of hydrogen-bond acceptors (Lipinski definition) is 2. The van der Waals surface area contributed by atoms with Crippen molar-refractivity contribution in [1.82, 2.24) is 4.98 Å². The average molecular weight is 337 g/mol. The molecule has 3 aromatic rings. The summed E-state index contributed by atoms with van der Waals surface area (Å²) >= 11 is 0. The first kappa shape index (κ1) is 17.1. The molecule has 1 heterocycles. The zero-order valence-corrected chi connectivity index (χ0v) is 14.5. The fraction of sp³-hybridized carbons (Fsp3) is 0.286. The van der Waals surface area contributed by atoms with Crippen molar-refractivity contribution in [3.8, 4) is 5.75 Å². The Morgan fingerprint density at radius 2 is 1.88 bits per heavy atom. The summed E-state index contributed by atoms with van der Waals surface area (Å²) in [6.07, 6.45) is 2.58. The van der Waals surface area contributed by atoms with Crippen molar-refractivity contribution in [3.63, 3.8) is 0 Å². The summed E-state index contributed by atoms with van der Waals surface area (Å²) in [5.74, 6) is 0.343. The number of fused-ring (bicyclic) bond motifs is 1. The Bertz CT molecular complexity index is 849. The molecule has 0 aliphatic carbocycles. The molecule has 0 saturated heterocycles. The highest BCUT2D eigenvalue weighted by molar-refractivity contribution is 5.80. The number of aliphatic carboxylic acids is 1. The van der Waals surface area contributed by atoms with Crippen LogP contribution in [0.1, 0.15) is 37.5 Å². The summed E-state index contributed by atoms with van der Waals surface area (Å²) in [4.78, 5) is 13.9. The number of ether oxygens (including phenoxy) is 1. The monoisotopic (exact) mass is 337 g/mol. The number of nitrogens with one attached hydrogen (secondary N) is 1. The molecule has 4 nitrogen and oxygen atoms in total. The zero-order chi connectivity index (χ0) is 17.8. The standard InChI is InChI=1S/C21H23NO3/c1-14(2)21(17-6-9-19-16(13-17)11-12-22-19)25-18-7-3-15(4-8-18)5-10-20(23)24/h3-4,6-9,11-14,21-22H,5,10H2,1-2H3,(H,23,24). The third kappa shape index (κ3) is 4.21. The largest absolute Gasteiger partial charge is 0.485 e. The van der Waals surface area contributed by atoms with Crippen molar-refractivity contribution in [2.45, 2.75) is 32.8 Å². The molecule has 1 atom stereocenters. The predicted molar refractivity (Wildman–Crippen MR) is 98.9 cm³/mol. The zero-order valence-electron chi connectivity index (χ0n) is 14.5. The molecule has 0 fully saturated rings. The van der Waals surface area contributed by atoms with E-state index >= 15 is 0 Å². The van der Waals surface area contributed by atoms with Gasteiger partial charge >= 0.3 is 5.97 Å². The SMILES string of the molecule is CC(C)C(Oc1ccc(CCC(=O)O)cc1)c1ccc2[nH]ccc2c1. The van der Waals surface area contributed by atoms with Gasteiger partial charge in [-0.2, -0.15) is 0 Å². The van der Waals surface area contributed by atoms with Crippen molar-refractivity contribution in [3.05, 3.63) is 65.9 Å². The molecule has 3 rings (SSSR count). The van der Waals surface area contributed by atoms with E-state index in [0.717, 1.165) is 22.4 Å². The van der Waals surface area contributed by atoms with Gasteiger partial charge < -0.3 is 14.8 Å². The number of benzene rings is 2. The molecular formula is C21H23NO3. The highest BCUT2D eigenvalue weighted by Crippen LogP contribution is 2.30. The maximum atomic E-state index is 10.7. The smallest absolute Gasteiger partial charge is 0.303 e. The molecule has 2 N–H and O–H groups in total. The lowest BCUT2D eigenvalue weighted by Gasteiger charge is -2.23. The number of rotatable bonds is 7. The first-order chi connectivity index (χ1) is 12.0. The fourth-order valence-electron chi connectivity index (χ4n) is 2.97. The van der Waals surface area contributed by atoms with Crippen molar-refractivity contribution < 1.29 is 14.6 Å². The van der Waals surface area contributed by atoms with Gasteiger partial charge in [0.15, 0.2) is 0 Å². The van der Waals surface area contributed by atoms with E-state index in [-0.39, 0.29) is 12.5 Å². The maximum Gasteiger partial charge on any atom is 0.303 e. The summed E-state index contributed by atoms with van der Waals surface area (Å²) in [6, 6.07) is 16.1. The van der Waals surface area contributed by atoms with Crippen LogP contribution in [0.5, 0.6) is 5.75 Å². The second-order valence-electron chi connectivity index (χ2n) is 6.64. The lowest BCUT2D eigenvalue weighted by molar-refractivity contribution is -0.136. The minimum atomic E-state index is -0.777. The molecule has 0 radical (unpaired) electrons. The molecule has 0 aliphatic heterocycles. The van der Waals surface area contributed by atoms with E-state index in [9.17, 15) is 4.79 Å². The van der Waals surface area contributed by atoms with E-state index in [0.29, 0.717) is 12.3 Å². The van der Waals surface area contributed by atoms with Gasteiger partial charge in [0.05, 0.1) is 0 Å². The number of H-pyrrole nitrogens is 1. The number of aryl methyl sites for hydroxylation is 1. The molecule has 0 bridgehead atoms. The summed E-state index contributed by atoms with van der Waals surface area (Å²) < 4.78 is 6.24. The van der Waals surface area contributed by atoms with E-state index < -0.39 is 5.97 Å². The van der Waals surface area contributed by atoms with Crippen molar-refractivity contribution in [2.24, 2.45) is 5.92 Å². The van der Waals surface area contributed by atoms with Gasteiger partial charge in [0.1, 0.15) is 11.9 Å². The summed E-state index contributed by atoms with van der Waals surface area (Å²) in [5.41, 5.74) is 3.27. The lowest BCUT2D eigenvalue weighted by Crippen LogP contribution is -2.14. The molecule has 4 heteroatoms. The van der Waals surface area contributed by atoms with Gasteiger partial charge in [0.2, 0.25) is 0 Å². The molecule has 1 unspecified atom stereocenters. The Hall–Kier alpha value is -2.75. The normalized spacial score (nSPS) is 12.4. The minimum absolute atomic E-state index is 0.0378. The fourth-order valence-corrected chi connectivity index (χ4v) is 2.97. The second kappa shape index (κ2) is 7.43. The number of carboxylic acid groups (broad SMARTS) is 1. The van der Waals surface area contributed by atoms with Crippen LogP contribution in [-0.4, -0.2) is 16.1 Å². The Morgan fingerprint density at radius 1 is 1.12 bits per heavy atom. The van der Waals surface area contributed by atoms with Crippen LogP contribution in [0.3, 0.4) is 0 Å². The van der Waals surface area contributed by atoms with E-state index in [2.05, 4.69) is 43.1 Å². The van der Waals surface area contributed by atoms with Crippen molar-refractivity contribution in [1.29, 1.82) is 0 Å². The van der Waals surface area contributed by atoms with Crippen LogP contribution in [0, 0.1) is 5.92 Å². The number of carboxylic acids is 1. The van der Waals surface area contributed by atoms with Crippen LogP contribution >= 0.6 is 0 Å². The molecule has 2 aromatic carbocycles. The van der Waals surface area contributed by atoms with E-state index in [1.165, 1.54) is 5.39 Å². The van der Waals surface area contributed by atoms with Gasteiger partial charge in [-0.15, -0.1) is 0 Å². The Morgan fingerprint density at radius 3 is 2.56 bits per heavy atom. The van der Waals surface area contributed by atoms with Gasteiger partial charge in [-0.05, 0) is 59.2 Å². The number of carbonyl (C=O) groups is 1. The third-order valence-electron chi connectivity index (χ3n) is 4.33. The van der Waals surface area contributed by atoms with Crippen LogP contribution in [0.4, 0.5) is 0 Å². The summed E-state index contributed by atoms with van der Waals surface area (Å²) in [6.45, 7) is 4.29. The Labute approximate surface area is 147 Å². The highest BCUT2D eigenvalue weighted by Gasteiger charge is 2.18. The predicted octanol–water partition coefficient (Wildman–Crippen LogP) is 4.96. The molecule has 0 spiro atoms. The van der Waals surface area contributed by atoms with E-state index in [1.54, 1.807) is 0 Å². The third-order valence-corrected chi connectivity index (χ3v) is 4.33. The van der Waals surface area contributed by atoms with Crippen molar-refractivity contribution >= 4 is 16.9 Å². The molecule has 130 valence electrons. The van der Waals surface area contributed by atoms with Gasteiger partial charge in [-0.25, -0.2) is 0 Å². The lowest BCUT2D eigenvalue weighted by atomic mass is 9.97. The van der Waals surface area contributed by atoms with Gasteiger partial charge in [-0.3, -0.25) is 4.79 Å². The van der Waals surface area contributed by atoms with Crippen LogP contribution < -0.4 is 4.74 Å². The van der Waals surface area contributed by atoms with Crippen molar-refractivity contribution in [2.75, 3.05) is 0 Å². The average Bonchev–Trinajstić information content (AvgIpc) is 3.06. The summed E-state index contributed by atoms with van der Waals surface area (Å²) in [7, 11) is 0. The van der Waals surface area contributed by atoms with E-state index in [4.69, 9.17) is 9.84 Å². The Balaban J connectivity index is 1.76. The number of aromatic amines is 1. The quantitative estimate of drug-likeness (QED) is 0.640. The number of hydrogen-bond donors (Lipinski definition) is 2. The van der Waals surface area contributed by atoms with Gasteiger partial charge in [-0.1, -0.05) is 32.0 Å².